The van der Waals surface area contributed by atoms with Crippen molar-refractivity contribution in [1.29, 1.82) is 0 Å². The fraction of sp³-hybridized carbons (Fsp3) is 0.364. The molecule has 4 heteroatoms. The molecule has 0 aromatic heterocycles. The molecule has 1 heterocycles. The molecule has 2 saturated carbocycles. The van der Waals surface area contributed by atoms with Gasteiger partial charge in [-0.15, -0.1) is 0 Å². The maximum absolute atomic E-state index is 14.7. The maximum Gasteiger partial charge on any atom is 0.169 e. The number of rotatable bonds is 4. The number of ether oxygens (including phenoxy) is 2. The topological polar surface area (TPSA) is 55.8 Å². The molecule has 1 spiro atoms. The highest BCUT2D eigenvalue weighted by atomic mass is 16.6. The van der Waals surface area contributed by atoms with Crippen molar-refractivity contribution in [2.24, 2.45) is 11.3 Å². The number of benzene rings is 3. The van der Waals surface area contributed by atoms with Gasteiger partial charge in [0.2, 0.25) is 0 Å². The van der Waals surface area contributed by atoms with Gasteiger partial charge in [-0.1, -0.05) is 79.2 Å². The summed E-state index contributed by atoms with van der Waals surface area (Å²) in [5, 5.41) is 12.0. The quantitative estimate of drug-likeness (QED) is 0.403. The number of hydrogen-bond acceptors (Lipinski definition) is 4. The second kappa shape index (κ2) is 9.59. The summed E-state index contributed by atoms with van der Waals surface area (Å²) < 4.78 is 12.2. The van der Waals surface area contributed by atoms with Gasteiger partial charge >= 0.3 is 0 Å². The van der Waals surface area contributed by atoms with E-state index in [-0.39, 0.29) is 17.6 Å². The predicted octanol–water partition coefficient (Wildman–Crippen LogP) is 6.86. The third-order valence-corrected chi connectivity index (χ3v) is 8.87. The van der Waals surface area contributed by atoms with Gasteiger partial charge in [0.1, 0.15) is 5.75 Å². The molecule has 3 aromatic rings. The number of aliphatic hydroxyl groups is 1. The van der Waals surface area contributed by atoms with E-state index < -0.39 is 17.3 Å². The van der Waals surface area contributed by atoms with Gasteiger partial charge in [0.05, 0.1) is 18.6 Å². The van der Waals surface area contributed by atoms with E-state index in [1.807, 2.05) is 78.9 Å². The summed E-state index contributed by atoms with van der Waals surface area (Å²) in [6.07, 6.45) is 6.26. The second-order valence-electron chi connectivity index (χ2n) is 10.8. The van der Waals surface area contributed by atoms with Crippen LogP contribution < -0.4 is 4.74 Å². The summed E-state index contributed by atoms with van der Waals surface area (Å²) >= 11 is 0. The molecule has 6 rings (SSSR count). The second-order valence-corrected chi connectivity index (χ2v) is 10.8. The van der Waals surface area contributed by atoms with Gasteiger partial charge in [-0.3, -0.25) is 4.79 Å². The lowest BCUT2D eigenvalue weighted by molar-refractivity contribution is -0.330. The van der Waals surface area contributed by atoms with Crippen LogP contribution in [0.15, 0.2) is 90.5 Å². The number of fused-ring (bicyclic) bond motifs is 1. The molecule has 190 valence electrons. The van der Waals surface area contributed by atoms with Crippen LogP contribution in [0.4, 0.5) is 0 Å². The normalized spacial score (nSPS) is 32.4. The van der Waals surface area contributed by atoms with E-state index in [1.165, 1.54) is 0 Å². The minimum absolute atomic E-state index is 0.152. The summed E-state index contributed by atoms with van der Waals surface area (Å²) in [6, 6.07) is 28.2. The van der Waals surface area contributed by atoms with Crippen LogP contribution in [0.25, 0.3) is 6.08 Å². The Kier molecular flexibility index (Phi) is 6.26. The SMILES string of the molecule is COc1ccc([C@H]2[C@@H]3CCCC[C@]3(O)O[C@H](c3ccccc3)[C@]23CCC(=Cc2ccccc2)C3=O)cc1. The van der Waals surface area contributed by atoms with Crippen molar-refractivity contribution in [2.45, 2.75) is 56.3 Å². The molecule has 4 nitrogen and oxygen atoms in total. The van der Waals surface area contributed by atoms with Crippen LogP contribution in [0.2, 0.25) is 0 Å². The Morgan fingerprint density at radius 3 is 2.30 bits per heavy atom. The standard InChI is InChI=1S/C33H34O4/c1-36-27-17-15-24(16-18-27)29-28-14-8-9-20-33(28,35)37-31(25-12-6-3-7-13-25)32(29)21-19-26(30(32)34)22-23-10-4-2-5-11-23/h2-7,10-13,15-18,22,28-29,31,35H,8-9,14,19-21H2,1H3/t28-,29-,31+,32+,33-/m0/s1. The van der Waals surface area contributed by atoms with Gasteiger partial charge in [0.25, 0.3) is 0 Å². The first kappa shape index (κ1) is 24.1. The molecule has 3 fully saturated rings. The highest BCUT2D eigenvalue weighted by Gasteiger charge is 2.66. The Morgan fingerprint density at radius 1 is 0.892 bits per heavy atom. The first-order valence-electron chi connectivity index (χ1n) is 13.4. The van der Waals surface area contributed by atoms with Gasteiger partial charge in [0.15, 0.2) is 11.6 Å². The van der Waals surface area contributed by atoms with E-state index in [0.29, 0.717) is 19.3 Å². The Bertz CT molecular complexity index is 1280. The van der Waals surface area contributed by atoms with Crippen molar-refractivity contribution in [3.63, 3.8) is 0 Å². The van der Waals surface area contributed by atoms with E-state index in [1.54, 1.807) is 7.11 Å². The van der Waals surface area contributed by atoms with E-state index in [0.717, 1.165) is 47.3 Å². The molecule has 1 saturated heterocycles. The van der Waals surface area contributed by atoms with Crippen LogP contribution in [0.5, 0.6) is 5.75 Å². The molecule has 0 amide bonds. The zero-order valence-corrected chi connectivity index (χ0v) is 21.3. The largest absolute Gasteiger partial charge is 0.497 e. The number of hydrogen-bond donors (Lipinski definition) is 1. The first-order chi connectivity index (χ1) is 18.0. The molecule has 0 unspecified atom stereocenters. The first-order valence-corrected chi connectivity index (χ1v) is 13.4. The van der Waals surface area contributed by atoms with E-state index in [4.69, 9.17) is 9.47 Å². The summed E-state index contributed by atoms with van der Waals surface area (Å²) in [4.78, 5) is 14.7. The lowest BCUT2D eigenvalue weighted by atomic mass is 9.55. The van der Waals surface area contributed by atoms with Crippen molar-refractivity contribution in [3.8, 4) is 5.75 Å². The van der Waals surface area contributed by atoms with Gasteiger partial charge in [0, 0.05) is 18.3 Å². The number of methoxy groups -OCH3 is 1. The van der Waals surface area contributed by atoms with Crippen molar-refractivity contribution in [3.05, 3.63) is 107 Å². The van der Waals surface area contributed by atoms with Crippen LogP contribution in [-0.2, 0) is 9.53 Å². The molecular weight excluding hydrogens is 460 g/mol. The molecule has 0 radical (unpaired) electrons. The van der Waals surface area contributed by atoms with Crippen LogP contribution in [0.3, 0.4) is 0 Å². The van der Waals surface area contributed by atoms with E-state index >= 15 is 0 Å². The van der Waals surface area contributed by atoms with E-state index in [2.05, 4.69) is 12.1 Å². The van der Waals surface area contributed by atoms with E-state index in [9.17, 15) is 9.90 Å². The fourth-order valence-electron chi connectivity index (χ4n) is 7.20. The number of carbonyl (C=O) groups excluding carboxylic acids is 1. The van der Waals surface area contributed by atoms with Gasteiger partial charge in [-0.05, 0) is 66.2 Å². The summed E-state index contributed by atoms with van der Waals surface area (Å²) in [6.45, 7) is 0. The van der Waals surface area contributed by atoms with Crippen molar-refractivity contribution < 1.29 is 19.4 Å². The third kappa shape index (κ3) is 4.03. The van der Waals surface area contributed by atoms with Gasteiger partial charge in [-0.2, -0.15) is 0 Å². The number of carbonyl (C=O) groups is 1. The molecular formula is C33H34O4. The monoisotopic (exact) mass is 494 g/mol. The zero-order valence-electron chi connectivity index (χ0n) is 21.3. The molecule has 3 aromatic carbocycles. The minimum Gasteiger partial charge on any atom is -0.497 e. The molecule has 3 aliphatic rings. The Hall–Kier alpha value is -3.21. The zero-order chi connectivity index (χ0) is 25.5. The Balaban J connectivity index is 1.55. The highest BCUT2D eigenvalue weighted by Crippen LogP contribution is 2.67. The number of ketones is 1. The molecule has 2 aliphatic carbocycles. The van der Waals surface area contributed by atoms with Crippen molar-refractivity contribution in [2.75, 3.05) is 7.11 Å². The average Bonchev–Trinajstić information content (AvgIpc) is 3.25. The van der Waals surface area contributed by atoms with Crippen molar-refractivity contribution in [1.82, 2.24) is 0 Å². The van der Waals surface area contributed by atoms with Gasteiger partial charge in [-0.25, -0.2) is 0 Å². The fourth-order valence-corrected chi connectivity index (χ4v) is 7.20. The molecule has 0 bridgehead atoms. The summed E-state index contributed by atoms with van der Waals surface area (Å²) in [7, 11) is 1.66. The van der Waals surface area contributed by atoms with Crippen molar-refractivity contribution >= 4 is 11.9 Å². The molecule has 5 atom stereocenters. The lowest BCUT2D eigenvalue weighted by Crippen LogP contribution is -2.59. The predicted molar refractivity (Wildman–Crippen MR) is 144 cm³/mol. The molecule has 37 heavy (non-hydrogen) atoms. The third-order valence-electron chi connectivity index (χ3n) is 8.87. The minimum atomic E-state index is -1.26. The summed E-state index contributed by atoms with van der Waals surface area (Å²) in [5.41, 5.74) is 3.10. The van der Waals surface area contributed by atoms with Crippen LogP contribution >= 0.6 is 0 Å². The summed E-state index contributed by atoms with van der Waals surface area (Å²) in [5.74, 6) is -0.656. The van der Waals surface area contributed by atoms with Crippen LogP contribution in [0.1, 0.15) is 67.2 Å². The number of allylic oxidation sites excluding steroid dienone is 1. The number of Topliss-reactive ketones (excluding diaryl/α,β-unsaturated/α-hetero) is 1. The molecule has 1 aliphatic heterocycles. The Morgan fingerprint density at radius 2 is 1.59 bits per heavy atom. The lowest BCUT2D eigenvalue weighted by Gasteiger charge is -2.58. The van der Waals surface area contributed by atoms with Crippen LogP contribution in [0, 0.1) is 11.3 Å². The maximum atomic E-state index is 14.7. The average molecular weight is 495 g/mol. The van der Waals surface area contributed by atoms with Crippen LogP contribution in [-0.4, -0.2) is 23.8 Å². The highest BCUT2D eigenvalue weighted by molar-refractivity contribution is 6.07. The molecule has 1 N–H and O–H groups in total. The van der Waals surface area contributed by atoms with Gasteiger partial charge < -0.3 is 14.6 Å². The smallest absolute Gasteiger partial charge is 0.169 e. The Labute approximate surface area is 218 Å².